The van der Waals surface area contributed by atoms with E-state index in [0.717, 1.165) is 41.3 Å². The van der Waals surface area contributed by atoms with Crippen molar-refractivity contribution in [2.75, 3.05) is 31.6 Å². The number of nitrogens with zero attached hydrogens (tertiary/aromatic N) is 2. The van der Waals surface area contributed by atoms with Crippen molar-refractivity contribution in [2.24, 2.45) is 5.92 Å². The van der Waals surface area contributed by atoms with E-state index in [1.165, 1.54) is 19.3 Å². The number of nitriles is 1. The summed E-state index contributed by atoms with van der Waals surface area (Å²) in [4.78, 5) is 2.39. The molecular formula is C15H20BrN3. The van der Waals surface area contributed by atoms with Crippen LogP contribution in [-0.2, 0) is 0 Å². The molecule has 1 saturated heterocycles. The summed E-state index contributed by atoms with van der Waals surface area (Å²) in [5, 5.41) is 12.3. The lowest BCUT2D eigenvalue weighted by Crippen LogP contribution is -2.34. The van der Waals surface area contributed by atoms with Crippen LogP contribution in [0.25, 0.3) is 0 Å². The van der Waals surface area contributed by atoms with Crippen LogP contribution in [0.5, 0.6) is 0 Å². The average molecular weight is 322 g/mol. The Kier molecular flexibility index (Phi) is 5.24. The van der Waals surface area contributed by atoms with Gasteiger partial charge in [-0.3, -0.25) is 0 Å². The number of hydrogen-bond acceptors (Lipinski definition) is 3. The summed E-state index contributed by atoms with van der Waals surface area (Å²) in [6.07, 6.45) is 3.76. The van der Waals surface area contributed by atoms with Crippen molar-refractivity contribution >= 4 is 21.6 Å². The van der Waals surface area contributed by atoms with Gasteiger partial charge < -0.3 is 10.2 Å². The highest BCUT2D eigenvalue weighted by molar-refractivity contribution is 9.10. The first kappa shape index (κ1) is 14.4. The lowest BCUT2D eigenvalue weighted by Gasteiger charge is -2.33. The average Bonchev–Trinajstić information content (AvgIpc) is 2.45. The summed E-state index contributed by atoms with van der Waals surface area (Å²) in [6.45, 7) is 3.30. The van der Waals surface area contributed by atoms with Gasteiger partial charge in [0.2, 0.25) is 0 Å². The fraction of sp³-hybridized carbons (Fsp3) is 0.533. The molecule has 0 unspecified atom stereocenters. The summed E-state index contributed by atoms with van der Waals surface area (Å²) in [7, 11) is 2.01. The molecule has 19 heavy (non-hydrogen) atoms. The number of anilines is 1. The molecule has 102 valence electrons. The molecule has 0 aromatic heterocycles. The molecule has 0 bridgehead atoms. The highest BCUT2D eigenvalue weighted by atomic mass is 79.9. The van der Waals surface area contributed by atoms with E-state index in [9.17, 15) is 0 Å². The number of hydrogen-bond donors (Lipinski definition) is 1. The second-order valence-corrected chi connectivity index (χ2v) is 6.05. The van der Waals surface area contributed by atoms with E-state index >= 15 is 0 Å². The second kappa shape index (κ2) is 6.93. The van der Waals surface area contributed by atoms with Crippen LogP contribution in [0, 0.1) is 17.2 Å². The zero-order chi connectivity index (χ0) is 13.7. The van der Waals surface area contributed by atoms with E-state index in [1.54, 1.807) is 0 Å². The quantitative estimate of drug-likeness (QED) is 0.925. The molecule has 4 heteroatoms. The third-order valence-electron chi connectivity index (χ3n) is 3.79. The van der Waals surface area contributed by atoms with Crippen LogP contribution in [0.15, 0.2) is 22.7 Å². The SMILES string of the molecule is CNCCC1CCN(c2cc(Br)cc(C#N)c2)CC1. The predicted molar refractivity (Wildman–Crippen MR) is 82.3 cm³/mol. The Bertz CT molecular complexity index is 459. The van der Waals surface area contributed by atoms with Crippen LogP contribution < -0.4 is 10.2 Å². The molecule has 0 saturated carbocycles. The summed E-state index contributed by atoms with van der Waals surface area (Å²) in [5.41, 5.74) is 1.89. The van der Waals surface area contributed by atoms with E-state index in [2.05, 4.69) is 38.3 Å². The Morgan fingerprint density at radius 1 is 1.37 bits per heavy atom. The second-order valence-electron chi connectivity index (χ2n) is 5.13. The Labute approximate surface area is 123 Å². The molecule has 1 aromatic carbocycles. The van der Waals surface area contributed by atoms with E-state index in [1.807, 2.05) is 19.2 Å². The Morgan fingerprint density at radius 3 is 2.74 bits per heavy atom. The molecule has 0 amide bonds. The number of nitrogens with one attached hydrogen (secondary N) is 1. The fourth-order valence-corrected chi connectivity index (χ4v) is 3.13. The Hall–Kier alpha value is -1.05. The molecule has 1 aliphatic heterocycles. The summed E-state index contributed by atoms with van der Waals surface area (Å²) < 4.78 is 0.985. The molecule has 0 aliphatic carbocycles. The van der Waals surface area contributed by atoms with Gasteiger partial charge in [0, 0.05) is 23.2 Å². The minimum Gasteiger partial charge on any atom is -0.371 e. The fourth-order valence-electron chi connectivity index (χ4n) is 2.65. The van der Waals surface area contributed by atoms with E-state index < -0.39 is 0 Å². The van der Waals surface area contributed by atoms with E-state index in [0.29, 0.717) is 0 Å². The van der Waals surface area contributed by atoms with Crippen LogP contribution in [0.1, 0.15) is 24.8 Å². The van der Waals surface area contributed by atoms with Gasteiger partial charge in [0.25, 0.3) is 0 Å². The summed E-state index contributed by atoms with van der Waals surface area (Å²) in [5.74, 6) is 0.839. The maximum atomic E-state index is 9.03. The topological polar surface area (TPSA) is 39.1 Å². The molecular weight excluding hydrogens is 302 g/mol. The molecule has 0 atom stereocenters. The molecule has 1 aromatic rings. The first-order valence-corrected chi connectivity index (χ1v) is 7.62. The molecule has 1 aliphatic rings. The largest absolute Gasteiger partial charge is 0.371 e. The number of benzene rings is 1. The zero-order valence-corrected chi connectivity index (χ0v) is 12.9. The third-order valence-corrected chi connectivity index (χ3v) is 4.25. The van der Waals surface area contributed by atoms with Crippen molar-refractivity contribution in [1.82, 2.24) is 5.32 Å². The third kappa shape index (κ3) is 3.95. The first-order chi connectivity index (χ1) is 9.22. The van der Waals surface area contributed by atoms with Gasteiger partial charge in [0.1, 0.15) is 0 Å². The highest BCUT2D eigenvalue weighted by Gasteiger charge is 2.19. The highest BCUT2D eigenvalue weighted by Crippen LogP contribution is 2.28. The normalized spacial score (nSPS) is 16.4. The van der Waals surface area contributed by atoms with Crippen LogP contribution in [0.3, 0.4) is 0 Å². The molecule has 1 N–H and O–H groups in total. The summed E-state index contributed by atoms with van der Waals surface area (Å²) in [6, 6.07) is 8.17. The number of piperidine rings is 1. The minimum atomic E-state index is 0.724. The van der Waals surface area contributed by atoms with Crippen molar-refractivity contribution in [1.29, 1.82) is 5.26 Å². The van der Waals surface area contributed by atoms with Gasteiger partial charge in [0.05, 0.1) is 11.6 Å². The maximum absolute atomic E-state index is 9.03. The van der Waals surface area contributed by atoms with E-state index in [4.69, 9.17) is 5.26 Å². The van der Waals surface area contributed by atoms with Crippen LogP contribution in [0.2, 0.25) is 0 Å². The monoisotopic (exact) mass is 321 g/mol. The van der Waals surface area contributed by atoms with Crippen molar-refractivity contribution in [3.63, 3.8) is 0 Å². The Morgan fingerprint density at radius 2 is 2.11 bits per heavy atom. The summed E-state index contributed by atoms with van der Waals surface area (Å²) >= 11 is 3.48. The van der Waals surface area contributed by atoms with Gasteiger partial charge in [-0.25, -0.2) is 0 Å². The van der Waals surface area contributed by atoms with Gasteiger partial charge in [-0.15, -0.1) is 0 Å². The van der Waals surface area contributed by atoms with Crippen molar-refractivity contribution < 1.29 is 0 Å². The van der Waals surface area contributed by atoms with Gasteiger partial charge in [-0.05, 0) is 57.0 Å². The van der Waals surface area contributed by atoms with Crippen molar-refractivity contribution in [3.8, 4) is 6.07 Å². The molecule has 0 spiro atoms. The van der Waals surface area contributed by atoms with Crippen molar-refractivity contribution in [3.05, 3.63) is 28.2 Å². The van der Waals surface area contributed by atoms with Crippen LogP contribution >= 0.6 is 15.9 Å². The molecule has 3 nitrogen and oxygen atoms in total. The lowest BCUT2D eigenvalue weighted by atomic mass is 9.93. The van der Waals surface area contributed by atoms with E-state index in [-0.39, 0.29) is 0 Å². The van der Waals surface area contributed by atoms with Gasteiger partial charge >= 0.3 is 0 Å². The number of rotatable bonds is 4. The smallest absolute Gasteiger partial charge is 0.0992 e. The van der Waals surface area contributed by atoms with Crippen LogP contribution in [0.4, 0.5) is 5.69 Å². The van der Waals surface area contributed by atoms with Crippen molar-refractivity contribution in [2.45, 2.75) is 19.3 Å². The molecule has 1 fully saturated rings. The zero-order valence-electron chi connectivity index (χ0n) is 11.3. The van der Waals surface area contributed by atoms with Crippen LogP contribution in [-0.4, -0.2) is 26.7 Å². The number of halogens is 1. The molecule has 0 radical (unpaired) electrons. The first-order valence-electron chi connectivity index (χ1n) is 6.83. The van der Waals surface area contributed by atoms with Gasteiger partial charge in [-0.2, -0.15) is 5.26 Å². The minimum absolute atomic E-state index is 0.724. The maximum Gasteiger partial charge on any atom is 0.0992 e. The molecule has 2 rings (SSSR count). The lowest BCUT2D eigenvalue weighted by molar-refractivity contribution is 0.378. The predicted octanol–water partition coefficient (Wildman–Crippen LogP) is 3.15. The molecule has 1 heterocycles. The standard InChI is InChI=1S/C15H20BrN3/c1-18-5-2-12-3-6-19(7-4-12)15-9-13(11-17)8-14(16)10-15/h8-10,12,18H,2-7H2,1H3. The van der Waals surface area contributed by atoms with Gasteiger partial charge in [-0.1, -0.05) is 15.9 Å². The Balaban J connectivity index is 1.98. The van der Waals surface area contributed by atoms with Gasteiger partial charge in [0.15, 0.2) is 0 Å².